The molecular weight excluding hydrogens is 415 g/mol. The maximum Gasteiger partial charge on any atom is 0.260 e. The summed E-state index contributed by atoms with van der Waals surface area (Å²) < 4.78 is 26.1. The number of hydrogen-bond donors (Lipinski definition) is 0. The number of carbonyl (C=O) groups is 1. The summed E-state index contributed by atoms with van der Waals surface area (Å²) in [5, 5.41) is 11.8. The first-order valence-electron chi connectivity index (χ1n) is 10.5. The molecule has 3 aromatic rings. The van der Waals surface area contributed by atoms with Crippen molar-refractivity contribution in [2.45, 2.75) is 13.5 Å². The fourth-order valence-electron chi connectivity index (χ4n) is 3.50. The summed E-state index contributed by atoms with van der Waals surface area (Å²) in [6, 6.07) is 13.4. The zero-order valence-corrected chi connectivity index (χ0v) is 17.9. The molecule has 2 aromatic carbocycles. The highest BCUT2D eigenvalue weighted by molar-refractivity contribution is 5.77. The Bertz CT molecular complexity index is 1030. The molecule has 0 bridgehead atoms. The lowest BCUT2D eigenvalue weighted by molar-refractivity contribution is -0.135. The monoisotopic (exact) mass is 440 g/mol. The first kappa shape index (κ1) is 21.7. The molecule has 4 rings (SSSR count). The van der Waals surface area contributed by atoms with Gasteiger partial charge in [0.2, 0.25) is 0 Å². The Balaban J connectivity index is 1.26. The van der Waals surface area contributed by atoms with Crippen molar-refractivity contribution >= 4 is 5.91 Å². The number of piperazine rings is 1. The first-order chi connectivity index (χ1) is 15.6. The van der Waals surface area contributed by atoms with Gasteiger partial charge in [-0.1, -0.05) is 6.07 Å². The molecule has 1 amide bonds. The van der Waals surface area contributed by atoms with Gasteiger partial charge < -0.3 is 14.4 Å². The average molecular weight is 440 g/mol. The molecule has 2 heterocycles. The Morgan fingerprint density at radius 2 is 1.75 bits per heavy atom. The fourth-order valence-corrected chi connectivity index (χ4v) is 3.50. The minimum atomic E-state index is -0.344. The maximum absolute atomic E-state index is 13.5. The van der Waals surface area contributed by atoms with Crippen LogP contribution in [0.2, 0.25) is 0 Å². The largest absolute Gasteiger partial charge is 0.494 e. The quantitative estimate of drug-likeness (QED) is 0.529. The molecule has 168 valence electrons. The summed E-state index contributed by atoms with van der Waals surface area (Å²) in [6.07, 6.45) is 0. The Labute approximate surface area is 185 Å². The predicted octanol–water partition coefficient (Wildman–Crippen LogP) is 1.92. The van der Waals surface area contributed by atoms with E-state index in [9.17, 15) is 9.18 Å². The van der Waals surface area contributed by atoms with Crippen LogP contribution in [-0.4, -0.2) is 75.3 Å². The summed E-state index contributed by atoms with van der Waals surface area (Å²) in [5.41, 5.74) is 0.574. The van der Waals surface area contributed by atoms with Gasteiger partial charge in [-0.05, 0) is 59.8 Å². The highest BCUT2D eigenvalue weighted by Gasteiger charge is 2.23. The second kappa shape index (κ2) is 10.2. The second-order valence-electron chi connectivity index (χ2n) is 7.34. The molecule has 9 nitrogen and oxygen atoms in total. The van der Waals surface area contributed by atoms with Crippen molar-refractivity contribution in [2.24, 2.45) is 0 Å². The van der Waals surface area contributed by atoms with E-state index in [0.29, 0.717) is 56.6 Å². The Hall–Kier alpha value is -3.53. The van der Waals surface area contributed by atoms with E-state index in [1.807, 2.05) is 19.1 Å². The molecule has 0 aliphatic carbocycles. The van der Waals surface area contributed by atoms with Crippen LogP contribution in [0.4, 0.5) is 4.39 Å². The standard InChI is InChI=1S/C22H25FN6O3/c1-2-31-19-6-8-20(9-7-19)32-16-22(30)28-12-10-27(11-13-28)15-21-24-25-26-29(21)18-5-3-4-17(23)14-18/h3-9,14H,2,10-13,15-16H2,1H3. The third kappa shape index (κ3) is 5.38. The van der Waals surface area contributed by atoms with Gasteiger partial charge in [0.15, 0.2) is 12.4 Å². The number of halogens is 1. The number of benzene rings is 2. The molecule has 0 radical (unpaired) electrons. The lowest BCUT2D eigenvalue weighted by Crippen LogP contribution is -2.49. The minimum absolute atomic E-state index is 0.00814. The Kier molecular flexibility index (Phi) is 6.90. The molecule has 0 atom stereocenters. The zero-order chi connectivity index (χ0) is 22.3. The number of tetrazole rings is 1. The van der Waals surface area contributed by atoms with Gasteiger partial charge in [0.25, 0.3) is 5.91 Å². The minimum Gasteiger partial charge on any atom is -0.494 e. The molecule has 1 aliphatic rings. The number of ether oxygens (including phenoxy) is 2. The molecule has 1 fully saturated rings. The summed E-state index contributed by atoms with van der Waals surface area (Å²) in [4.78, 5) is 16.5. The normalized spacial score (nSPS) is 14.4. The Morgan fingerprint density at radius 1 is 1.03 bits per heavy atom. The van der Waals surface area contributed by atoms with E-state index in [1.54, 1.807) is 29.2 Å². The number of carbonyl (C=O) groups excluding carboxylic acids is 1. The van der Waals surface area contributed by atoms with Crippen LogP contribution in [0.25, 0.3) is 5.69 Å². The van der Waals surface area contributed by atoms with Gasteiger partial charge in [0, 0.05) is 26.2 Å². The lowest BCUT2D eigenvalue weighted by atomic mass is 10.3. The molecule has 1 aromatic heterocycles. The van der Waals surface area contributed by atoms with Gasteiger partial charge in [-0.3, -0.25) is 9.69 Å². The first-order valence-corrected chi connectivity index (χ1v) is 10.5. The SMILES string of the molecule is CCOc1ccc(OCC(=O)N2CCN(Cc3nnnn3-c3cccc(F)c3)CC2)cc1. The van der Waals surface area contributed by atoms with E-state index in [4.69, 9.17) is 9.47 Å². The van der Waals surface area contributed by atoms with Crippen LogP contribution in [0.3, 0.4) is 0 Å². The topological polar surface area (TPSA) is 85.6 Å². The third-order valence-electron chi connectivity index (χ3n) is 5.17. The summed E-state index contributed by atoms with van der Waals surface area (Å²) in [5.74, 6) is 1.62. The predicted molar refractivity (Wildman–Crippen MR) is 114 cm³/mol. The average Bonchev–Trinajstić information content (AvgIpc) is 3.27. The van der Waals surface area contributed by atoms with Gasteiger partial charge in [-0.2, -0.15) is 4.68 Å². The van der Waals surface area contributed by atoms with Crippen molar-refractivity contribution in [3.63, 3.8) is 0 Å². The van der Waals surface area contributed by atoms with Gasteiger partial charge in [0.1, 0.15) is 17.3 Å². The Morgan fingerprint density at radius 3 is 2.44 bits per heavy atom. The number of amides is 1. The highest BCUT2D eigenvalue weighted by atomic mass is 19.1. The molecule has 0 N–H and O–H groups in total. The van der Waals surface area contributed by atoms with Crippen LogP contribution < -0.4 is 9.47 Å². The van der Waals surface area contributed by atoms with Crippen molar-refractivity contribution < 1.29 is 18.7 Å². The van der Waals surface area contributed by atoms with Gasteiger partial charge in [-0.15, -0.1) is 5.10 Å². The summed E-state index contributed by atoms with van der Waals surface area (Å²) in [6.45, 7) is 5.58. The van der Waals surface area contributed by atoms with Crippen molar-refractivity contribution in [2.75, 3.05) is 39.4 Å². The van der Waals surface area contributed by atoms with Crippen LogP contribution in [0.1, 0.15) is 12.7 Å². The highest BCUT2D eigenvalue weighted by Crippen LogP contribution is 2.18. The van der Waals surface area contributed by atoms with Crippen molar-refractivity contribution in [1.29, 1.82) is 0 Å². The van der Waals surface area contributed by atoms with E-state index in [0.717, 1.165) is 5.75 Å². The lowest BCUT2D eigenvalue weighted by Gasteiger charge is -2.34. The molecule has 10 heteroatoms. The number of hydrogen-bond acceptors (Lipinski definition) is 7. The van der Waals surface area contributed by atoms with E-state index >= 15 is 0 Å². The van der Waals surface area contributed by atoms with E-state index < -0.39 is 0 Å². The van der Waals surface area contributed by atoms with Crippen LogP contribution in [0.15, 0.2) is 48.5 Å². The molecule has 0 saturated carbocycles. The molecule has 0 unspecified atom stereocenters. The molecule has 1 aliphatic heterocycles. The van der Waals surface area contributed by atoms with Crippen molar-refractivity contribution in [1.82, 2.24) is 30.0 Å². The summed E-state index contributed by atoms with van der Waals surface area (Å²) >= 11 is 0. The van der Waals surface area contributed by atoms with E-state index in [1.165, 1.54) is 16.8 Å². The van der Waals surface area contributed by atoms with Crippen LogP contribution in [0.5, 0.6) is 11.5 Å². The van der Waals surface area contributed by atoms with Gasteiger partial charge >= 0.3 is 0 Å². The smallest absolute Gasteiger partial charge is 0.260 e. The van der Waals surface area contributed by atoms with Crippen LogP contribution in [0, 0.1) is 5.82 Å². The summed E-state index contributed by atoms with van der Waals surface area (Å²) in [7, 11) is 0. The fraction of sp³-hybridized carbons (Fsp3) is 0.364. The van der Waals surface area contributed by atoms with Crippen LogP contribution in [-0.2, 0) is 11.3 Å². The molecule has 32 heavy (non-hydrogen) atoms. The van der Waals surface area contributed by atoms with E-state index in [2.05, 4.69) is 20.4 Å². The maximum atomic E-state index is 13.5. The molecular formula is C22H25FN6O3. The second-order valence-corrected chi connectivity index (χ2v) is 7.34. The number of rotatable bonds is 8. The van der Waals surface area contributed by atoms with Crippen molar-refractivity contribution in [3.8, 4) is 17.2 Å². The van der Waals surface area contributed by atoms with Gasteiger partial charge in [-0.25, -0.2) is 4.39 Å². The molecule has 0 spiro atoms. The zero-order valence-electron chi connectivity index (χ0n) is 17.9. The van der Waals surface area contributed by atoms with E-state index in [-0.39, 0.29) is 18.3 Å². The van der Waals surface area contributed by atoms with Crippen LogP contribution >= 0.6 is 0 Å². The number of nitrogens with zero attached hydrogens (tertiary/aromatic N) is 6. The van der Waals surface area contributed by atoms with Crippen molar-refractivity contribution in [3.05, 3.63) is 60.2 Å². The van der Waals surface area contributed by atoms with Gasteiger partial charge in [0.05, 0.1) is 18.8 Å². The third-order valence-corrected chi connectivity index (χ3v) is 5.17. The molecule has 1 saturated heterocycles. The number of aromatic nitrogens is 4.